The van der Waals surface area contributed by atoms with E-state index in [1.165, 1.54) is 12.8 Å². The van der Waals surface area contributed by atoms with Gasteiger partial charge in [0, 0.05) is 43.6 Å². The Morgan fingerprint density at radius 1 is 1.32 bits per heavy atom. The van der Waals surface area contributed by atoms with Crippen LogP contribution in [0.15, 0.2) is 4.99 Å². The summed E-state index contributed by atoms with van der Waals surface area (Å²) in [5.41, 5.74) is 0.162. The number of ether oxygens (including phenoxy) is 1. The molecule has 22 heavy (non-hydrogen) atoms. The van der Waals surface area contributed by atoms with Gasteiger partial charge in [-0.2, -0.15) is 0 Å². The number of hydrogen-bond donors (Lipinski definition) is 2. The van der Waals surface area contributed by atoms with Gasteiger partial charge < -0.3 is 20.1 Å². The van der Waals surface area contributed by atoms with Crippen molar-refractivity contribution in [2.24, 2.45) is 16.3 Å². The molecule has 2 aliphatic heterocycles. The van der Waals surface area contributed by atoms with Crippen molar-refractivity contribution in [2.45, 2.75) is 64.7 Å². The fourth-order valence-electron chi connectivity index (χ4n) is 4.42. The average Bonchev–Trinajstić information content (AvgIpc) is 2.52. The second-order valence-electron chi connectivity index (χ2n) is 7.56. The van der Waals surface area contributed by atoms with Crippen LogP contribution in [0.4, 0.5) is 0 Å². The molecule has 0 spiro atoms. The number of nitrogens with one attached hydrogen (secondary N) is 1. The first-order valence-corrected chi connectivity index (χ1v) is 8.89. The topological polar surface area (TPSA) is 57.1 Å². The minimum absolute atomic E-state index is 0.143. The second-order valence-corrected chi connectivity index (χ2v) is 7.56. The molecular weight excluding hydrogens is 278 g/mol. The highest BCUT2D eigenvalue weighted by molar-refractivity contribution is 5.80. The Balaban J connectivity index is 1.67. The smallest absolute Gasteiger partial charge is 0.194 e. The maximum atomic E-state index is 9.71. The minimum Gasteiger partial charge on any atom is -0.393 e. The van der Waals surface area contributed by atoms with Gasteiger partial charge in [0.25, 0.3) is 0 Å². The molecule has 5 heteroatoms. The van der Waals surface area contributed by atoms with E-state index in [4.69, 9.17) is 9.73 Å². The van der Waals surface area contributed by atoms with Gasteiger partial charge in [-0.3, -0.25) is 4.99 Å². The van der Waals surface area contributed by atoms with Gasteiger partial charge in [-0.1, -0.05) is 13.8 Å². The summed E-state index contributed by atoms with van der Waals surface area (Å²) < 4.78 is 6.00. The van der Waals surface area contributed by atoms with Crippen LogP contribution in [0.2, 0.25) is 0 Å². The largest absolute Gasteiger partial charge is 0.393 e. The van der Waals surface area contributed by atoms with Crippen molar-refractivity contribution < 1.29 is 9.84 Å². The standard InChI is InChI=1S/C17H31N3O2/c1-4-18-16(20-9-7-12(21)8-10-20)19-14-13-6-5-11-22-15(13)17(14,2)3/h12-15,21H,4-11H2,1-3H3,(H,18,19). The van der Waals surface area contributed by atoms with Crippen molar-refractivity contribution in [3.63, 3.8) is 0 Å². The van der Waals surface area contributed by atoms with Crippen molar-refractivity contribution in [1.29, 1.82) is 0 Å². The summed E-state index contributed by atoms with van der Waals surface area (Å²) in [4.78, 5) is 7.02. The Hall–Kier alpha value is -0.810. The van der Waals surface area contributed by atoms with Gasteiger partial charge in [-0.05, 0) is 32.6 Å². The predicted octanol–water partition coefficient (Wildman–Crippen LogP) is 1.61. The third-order valence-corrected chi connectivity index (χ3v) is 5.69. The molecule has 3 atom stereocenters. The summed E-state index contributed by atoms with van der Waals surface area (Å²) in [6, 6.07) is 0.440. The zero-order valence-electron chi connectivity index (χ0n) is 14.2. The Kier molecular flexibility index (Phi) is 4.64. The number of guanidine groups is 1. The minimum atomic E-state index is -0.143. The molecule has 2 heterocycles. The van der Waals surface area contributed by atoms with Gasteiger partial charge in [0.05, 0.1) is 12.2 Å². The van der Waals surface area contributed by atoms with Crippen LogP contribution in [0, 0.1) is 11.3 Å². The van der Waals surface area contributed by atoms with Gasteiger partial charge in [0.2, 0.25) is 0 Å². The Morgan fingerprint density at radius 2 is 2.05 bits per heavy atom. The fraction of sp³-hybridized carbons (Fsp3) is 0.941. The van der Waals surface area contributed by atoms with E-state index in [1.807, 2.05) is 0 Å². The zero-order chi connectivity index (χ0) is 15.7. The number of piperidine rings is 1. The van der Waals surface area contributed by atoms with Crippen LogP contribution in [-0.2, 0) is 4.74 Å². The molecule has 1 aliphatic carbocycles. The van der Waals surface area contributed by atoms with Crippen LogP contribution < -0.4 is 5.32 Å². The molecule has 0 aromatic rings. The predicted molar refractivity (Wildman–Crippen MR) is 88.0 cm³/mol. The third-order valence-electron chi connectivity index (χ3n) is 5.69. The third kappa shape index (κ3) is 2.85. The molecule has 126 valence electrons. The summed E-state index contributed by atoms with van der Waals surface area (Å²) in [6.45, 7) is 10.2. The molecule has 3 aliphatic rings. The first-order valence-electron chi connectivity index (χ1n) is 8.89. The van der Waals surface area contributed by atoms with Crippen molar-refractivity contribution in [1.82, 2.24) is 10.2 Å². The lowest BCUT2D eigenvalue weighted by Crippen LogP contribution is -2.71. The number of nitrogens with zero attached hydrogens (tertiary/aromatic N) is 2. The Bertz CT molecular complexity index is 416. The summed E-state index contributed by atoms with van der Waals surface area (Å²) in [7, 11) is 0. The van der Waals surface area contributed by atoms with Crippen LogP contribution in [0.3, 0.4) is 0 Å². The number of aliphatic imine (C=N–C) groups is 1. The van der Waals surface area contributed by atoms with E-state index in [9.17, 15) is 5.11 Å². The van der Waals surface area contributed by atoms with Crippen molar-refractivity contribution in [2.75, 3.05) is 26.2 Å². The molecule has 5 nitrogen and oxygen atoms in total. The first-order chi connectivity index (χ1) is 10.5. The van der Waals surface area contributed by atoms with E-state index in [1.54, 1.807) is 0 Å². The van der Waals surface area contributed by atoms with Crippen LogP contribution in [0.5, 0.6) is 0 Å². The van der Waals surface area contributed by atoms with E-state index >= 15 is 0 Å². The highest BCUT2D eigenvalue weighted by Crippen LogP contribution is 2.51. The van der Waals surface area contributed by atoms with Gasteiger partial charge >= 0.3 is 0 Å². The molecule has 3 unspecified atom stereocenters. The Morgan fingerprint density at radius 3 is 2.73 bits per heavy atom. The molecule has 0 aromatic heterocycles. The molecule has 3 fully saturated rings. The summed E-state index contributed by atoms with van der Waals surface area (Å²) in [5.74, 6) is 1.64. The molecule has 0 aromatic carbocycles. The van der Waals surface area contributed by atoms with E-state index in [2.05, 4.69) is 31.0 Å². The van der Waals surface area contributed by atoms with E-state index in [-0.39, 0.29) is 11.5 Å². The summed E-state index contributed by atoms with van der Waals surface area (Å²) in [6.07, 6.45) is 4.36. The number of likely N-dealkylation sites (tertiary alicyclic amines) is 1. The molecule has 3 rings (SSSR count). The number of aliphatic hydroxyl groups excluding tert-OH is 1. The van der Waals surface area contributed by atoms with E-state index < -0.39 is 0 Å². The molecule has 2 N–H and O–H groups in total. The van der Waals surface area contributed by atoms with Crippen LogP contribution in [-0.4, -0.2) is 60.5 Å². The average molecular weight is 309 g/mol. The number of hydrogen-bond acceptors (Lipinski definition) is 3. The number of rotatable bonds is 2. The lowest BCUT2D eigenvalue weighted by atomic mass is 9.55. The van der Waals surface area contributed by atoms with Crippen molar-refractivity contribution >= 4 is 5.96 Å². The monoisotopic (exact) mass is 309 g/mol. The molecule has 2 saturated heterocycles. The molecule has 0 amide bonds. The summed E-state index contributed by atoms with van der Waals surface area (Å²) >= 11 is 0. The van der Waals surface area contributed by atoms with E-state index in [0.717, 1.165) is 45.0 Å². The molecular formula is C17H31N3O2. The fourth-order valence-corrected chi connectivity index (χ4v) is 4.42. The Labute approximate surface area is 134 Å². The van der Waals surface area contributed by atoms with Gasteiger partial charge in [0.1, 0.15) is 0 Å². The van der Waals surface area contributed by atoms with Crippen LogP contribution in [0.25, 0.3) is 0 Å². The highest BCUT2D eigenvalue weighted by Gasteiger charge is 2.58. The molecule has 1 saturated carbocycles. The van der Waals surface area contributed by atoms with Gasteiger partial charge in [-0.25, -0.2) is 0 Å². The molecule has 0 radical (unpaired) electrons. The maximum Gasteiger partial charge on any atom is 0.194 e. The SMILES string of the molecule is CCN=C(NC1C2CCCOC2C1(C)C)N1CCC(O)CC1. The summed E-state index contributed by atoms with van der Waals surface area (Å²) in [5, 5.41) is 13.5. The number of aliphatic hydroxyl groups is 1. The van der Waals surface area contributed by atoms with Gasteiger partial charge in [-0.15, -0.1) is 0 Å². The van der Waals surface area contributed by atoms with Crippen molar-refractivity contribution in [3.05, 3.63) is 0 Å². The lowest BCUT2D eigenvalue weighted by Gasteiger charge is -2.60. The number of fused-ring (bicyclic) bond motifs is 1. The maximum absolute atomic E-state index is 9.71. The van der Waals surface area contributed by atoms with Gasteiger partial charge in [0.15, 0.2) is 5.96 Å². The first kappa shape index (κ1) is 16.1. The lowest BCUT2D eigenvalue weighted by molar-refractivity contribution is -0.188. The van der Waals surface area contributed by atoms with E-state index in [0.29, 0.717) is 18.1 Å². The second kappa shape index (κ2) is 6.36. The normalized spacial score (nSPS) is 35.7. The van der Waals surface area contributed by atoms with Crippen molar-refractivity contribution in [3.8, 4) is 0 Å². The van der Waals surface area contributed by atoms with Crippen LogP contribution in [0.1, 0.15) is 46.5 Å². The quantitative estimate of drug-likeness (QED) is 0.601. The highest BCUT2D eigenvalue weighted by atomic mass is 16.5. The molecule has 0 bridgehead atoms. The zero-order valence-corrected chi connectivity index (χ0v) is 14.2. The van der Waals surface area contributed by atoms with Crippen LogP contribution >= 0.6 is 0 Å².